The molecule has 0 unspecified atom stereocenters. The topological polar surface area (TPSA) is 83.6 Å². The van der Waals surface area contributed by atoms with Gasteiger partial charge in [0.15, 0.2) is 5.13 Å². The highest BCUT2D eigenvalue weighted by Gasteiger charge is 2.17. The second-order valence-corrected chi connectivity index (χ2v) is 6.39. The third-order valence-corrected chi connectivity index (χ3v) is 4.48. The lowest BCUT2D eigenvalue weighted by molar-refractivity contribution is -0.112. The summed E-state index contributed by atoms with van der Waals surface area (Å²) in [6, 6.07) is 7.50. The van der Waals surface area contributed by atoms with Crippen molar-refractivity contribution in [3.63, 3.8) is 0 Å². The number of hydrogen-bond acceptors (Lipinski definition) is 5. The number of anilines is 1. The van der Waals surface area contributed by atoms with Crippen molar-refractivity contribution in [2.75, 3.05) is 5.32 Å². The fraction of sp³-hybridized carbons (Fsp3) is 0.0588. The number of carbonyl (C=O) groups is 1. The molecule has 3 rings (SSSR count). The molecule has 1 amide bonds. The van der Waals surface area contributed by atoms with E-state index in [-0.39, 0.29) is 16.5 Å². The highest BCUT2D eigenvalue weighted by atomic mass is 35.5. The van der Waals surface area contributed by atoms with Crippen LogP contribution in [0.4, 0.5) is 9.52 Å². The Morgan fingerprint density at radius 3 is 2.77 bits per heavy atom. The van der Waals surface area contributed by atoms with Gasteiger partial charge in [-0.15, -0.1) is 11.3 Å². The van der Waals surface area contributed by atoms with Gasteiger partial charge in [-0.05, 0) is 37.3 Å². The molecule has 130 valence electrons. The molecule has 1 aromatic carbocycles. The van der Waals surface area contributed by atoms with Crippen LogP contribution in [0.25, 0.3) is 11.8 Å². The van der Waals surface area contributed by atoms with Gasteiger partial charge in [0, 0.05) is 17.1 Å². The van der Waals surface area contributed by atoms with Crippen LogP contribution < -0.4 is 5.32 Å². The van der Waals surface area contributed by atoms with Crippen molar-refractivity contribution in [2.24, 2.45) is 0 Å². The van der Waals surface area contributed by atoms with E-state index in [1.807, 2.05) is 6.07 Å². The van der Waals surface area contributed by atoms with E-state index in [0.29, 0.717) is 22.1 Å². The summed E-state index contributed by atoms with van der Waals surface area (Å²) in [5.41, 5.74) is 1.38. The van der Waals surface area contributed by atoms with Crippen molar-refractivity contribution in [1.29, 1.82) is 5.26 Å². The molecule has 3 aromatic rings. The number of nitriles is 1. The Balaban J connectivity index is 1.95. The van der Waals surface area contributed by atoms with Crippen LogP contribution in [0.3, 0.4) is 0 Å². The zero-order chi connectivity index (χ0) is 18.7. The van der Waals surface area contributed by atoms with Crippen LogP contribution >= 0.6 is 22.9 Å². The molecule has 0 aliphatic carbocycles. The number of aromatic nitrogens is 3. The van der Waals surface area contributed by atoms with Gasteiger partial charge < -0.3 is 0 Å². The van der Waals surface area contributed by atoms with Crippen molar-refractivity contribution in [1.82, 2.24) is 14.8 Å². The molecule has 0 aliphatic heterocycles. The van der Waals surface area contributed by atoms with E-state index in [9.17, 15) is 14.4 Å². The molecule has 0 bridgehead atoms. The molecule has 2 aromatic heterocycles. The Morgan fingerprint density at radius 2 is 2.15 bits per heavy atom. The van der Waals surface area contributed by atoms with E-state index in [4.69, 9.17) is 11.6 Å². The first-order chi connectivity index (χ1) is 12.5. The first-order valence-corrected chi connectivity index (χ1v) is 8.59. The van der Waals surface area contributed by atoms with Crippen LogP contribution in [0.15, 0.2) is 41.4 Å². The van der Waals surface area contributed by atoms with Crippen molar-refractivity contribution >= 4 is 40.1 Å². The molecular formula is C17H11ClFN5OS. The maximum absolute atomic E-state index is 13.1. The minimum absolute atomic E-state index is 0.135. The lowest BCUT2D eigenvalue weighted by Crippen LogP contribution is -2.13. The van der Waals surface area contributed by atoms with Gasteiger partial charge in [0.25, 0.3) is 5.91 Å². The molecule has 0 aliphatic rings. The molecule has 0 radical (unpaired) electrons. The molecule has 0 spiro atoms. The number of thiazole rings is 1. The molecule has 0 saturated heterocycles. The van der Waals surface area contributed by atoms with Gasteiger partial charge in [0.2, 0.25) is 0 Å². The van der Waals surface area contributed by atoms with E-state index in [2.05, 4.69) is 15.4 Å². The van der Waals surface area contributed by atoms with Crippen LogP contribution in [0.5, 0.6) is 0 Å². The zero-order valence-corrected chi connectivity index (χ0v) is 15.0. The van der Waals surface area contributed by atoms with Gasteiger partial charge in [-0.1, -0.05) is 11.6 Å². The van der Waals surface area contributed by atoms with Crippen molar-refractivity contribution in [2.45, 2.75) is 6.92 Å². The summed E-state index contributed by atoms with van der Waals surface area (Å²) in [6.07, 6.45) is 2.91. The highest BCUT2D eigenvalue weighted by Crippen LogP contribution is 2.26. The van der Waals surface area contributed by atoms with Crippen LogP contribution in [0.1, 0.15) is 11.3 Å². The molecule has 0 fully saturated rings. The summed E-state index contributed by atoms with van der Waals surface area (Å²) in [5, 5.41) is 18.5. The third kappa shape index (κ3) is 3.64. The molecule has 26 heavy (non-hydrogen) atoms. The molecule has 0 atom stereocenters. The minimum Gasteiger partial charge on any atom is -0.297 e. The predicted octanol–water partition coefficient (Wildman–Crippen LogP) is 3.98. The predicted molar refractivity (Wildman–Crippen MR) is 97.6 cm³/mol. The molecule has 0 saturated carbocycles. The summed E-state index contributed by atoms with van der Waals surface area (Å²) in [6.45, 7) is 1.70. The van der Waals surface area contributed by atoms with Crippen LogP contribution in [0, 0.1) is 24.1 Å². The number of hydrogen-bond donors (Lipinski definition) is 1. The fourth-order valence-corrected chi connectivity index (χ4v) is 3.02. The van der Waals surface area contributed by atoms with Crippen molar-refractivity contribution in [3.8, 4) is 11.8 Å². The Labute approximate surface area is 157 Å². The van der Waals surface area contributed by atoms with Gasteiger partial charge in [-0.25, -0.2) is 14.1 Å². The average Bonchev–Trinajstić information content (AvgIpc) is 3.22. The van der Waals surface area contributed by atoms with Crippen molar-refractivity contribution in [3.05, 3.63) is 63.6 Å². The maximum Gasteiger partial charge on any atom is 0.268 e. The van der Waals surface area contributed by atoms with Gasteiger partial charge >= 0.3 is 0 Å². The number of halogens is 2. The largest absolute Gasteiger partial charge is 0.297 e. The highest BCUT2D eigenvalue weighted by molar-refractivity contribution is 7.13. The number of carbonyl (C=O) groups excluding carboxylic acids is 1. The monoisotopic (exact) mass is 387 g/mol. The molecular weight excluding hydrogens is 377 g/mol. The first-order valence-electron chi connectivity index (χ1n) is 7.33. The van der Waals surface area contributed by atoms with Gasteiger partial charge in [-0.2, -0.15) is 10.4 Å². The van der Waals surface area contributed by atoms with E-state index in [1.54, 1.807) is 18.5 Å². The smallest absolute Gasteiger partial charge is 0.268 e. The Bertz CT molecular complexity index is 1020. The molecule has 1 N–H and O–H groups in total. The standard InChI is InChI=1S/C17H11ClFN5OS/c1-10-14(8-11(9-20)16(25)22-17-21-6-7-26-17)15(18)24(23-10)13-4-2-12(19)3-5-13/h2-8H,1H3,(H,21,22,25)/b11-8-. The molecule has 9 heteroatoms. The SMILES string of the molecule is Cc1nn(-c2ccc(F)cc2)c(Cl)c1/C=C(/C#N)C(=O)Nc1nccs1. The fourth-order valence-electron chi connectivity index (χ4n) is 2.17. The second-order valence-electron chi connectivity index (χ2n) is 5.14. The summed E-state index contributed by atoms with van der Waals surface area (Å²) < 4.78 is 14.5. The number of aryl methyl sites for hydroxylation is 1. The first kappa shape index (κ1) is 17.8. The minimum atomic E-state index is -0.590. The lowest BCUT2D eigenvalue weighted by atomic mass is 10.1. The Morgan fingerprint density at radius 1 is 1.42 bits per heavy atom. The summed E-state index contributed by atoms with van der Waals surface area (Å²) >= 11 is 7.60. The van der Waals surface area contributed by atoms with Gasteiger partial charge in [0.05, 0.1) is 11.4 Å². The number of amides is 1. The quantitative estimate of drug-likeness (QED) is 0.542. The number of nitrogens with zero attached hydrogens (tertiary/aromatic N) is 4. The lowest BCUT2D eigenvalue weighted by Gasteiger charge is -2.03. The van der Waals surface area contributed by atoms with E-state index < -0.39 is 5.91 Å². The van der Waals surface area contributed by atoms with E-state index >= 15 is 0 Å². The summed E-state index contributed by atoms with van der Waals surface area (Å²) in [4.78, 5) is 16.2. The van der Waals surface area contributed by atoms with Crippen LogP contribution in [-0.2, 0) is 4.79 Å². The van der Waals surface area contributed by atoms with Gasteiger partial charge in [-0.3, -0.25) is 10.1 Å². The molecule has 6 nitrogen and oxygen atoms in total. The number of rotatable bonds is 4. The molecule has 2 heterocycles. The second kappa shape index (κ2) is 7.47. The number of nitrogens with one attached hydrogen (secondary N) is 1. The summed E-state index contributed by atoms with van der Waals surface area (Å²) in [7, 11) is 0. The Hall–Kier alpha value is -3.02. The average molecular weight is 388 g/mol. The maximum atomic E-state index is 13.1. The van der Waals surface area contributed by atoms with Crippen LogP contribution in [0.2, 0.25) is 5.15 Å². The third-order valence-electron chi connectivity index (χ3n) is 3.43. The summed E-state index contributed by atoms with van der Waals surface area (Å²) in [5.74, 6) is -0.966. The van der Waals surface area contributed by atoms with E-state index in [1.165, 1.54) is 46.4 Å². The Kier molecular flexibility index (Phi) is 5.11. The van der Waals surface area contributed by atoms with Crippen molar-refractivity contribution < 1.29 is 9.18 Å². The van der Waals surface area contributed by atoms with Crippen LogP contribution in [-0.4, -0.2) is 20.7 Å². The van der Waals surface area contributed by atoms with Gasteiger partial charge in [0.1, 0.15) is 22.6 Å². The number of benzene rings is 1. The normalized spacial score (nSPS) is 11.2. The zero-order valence-electron chi connectivity index (χ0n) is 13.4. The van der Waals surface area contributed by atoms with E-state index in [0.717, 1.165) is 0 Å².